The van der Waals surface area contributed by atoms with Gasteiger partial charge in [-0.1, -0.05) is 12.1 Å². The first-order valence-electron chi connectivity index (χ1n) is 5.20. The third-order valence-electron chi connectivity index (χ3n) is 2.53. The van der Waals surface area contributed by atoms with E-state index in [-0.39, 0.29) is 5.56 Å². The summed E-state index contributed by atoms with van der Waals surface area (Å²) in [6.45, 7) is 0. The summed E-state index contributed by atoms with van der Waals surface area (Å²) in [5.74, 6) is -2.00. The van der Waals surface area contributed by atoms with Crippen LogP contribution in [0.1, 0.15) is 11.7 Å². The number of carboxylic acids is 1. The molecule has 1 heterocycles. The smallest absolute Gasteiger partial charge is 0.337 e. The average Bonchev–Trinajstić information content (AvgIpc) is 2.38. The Hall–Kier alpha value is -2.27. The van der Waals surface area contributed by atoms with E-state index < -0.39 is 17.9 Å². The first-order chi connectivity index (χ1) is 8.59. The second-order valence-corrected chi connectivity index (χ2v) is 3.72. The molecule has 1 atom stereocenters. The zero-order chi connectivity index (χ0) is 13.1. The molecule has 0 saturated heterocycles. The van der Waals surface area contributed by atoms with Gasteiger partial charge in [-0.3, -0.25) is 4.98 Å². The lowest BCUT2D eigenvalue weighted by molar-refractivity contribution is -0.146. The fourth-order valence-electron chi connectivity index (χ4n) is 1.61. The molecule has 1 unspecified atom stereocenters. The molecule has 2 aromatic rings. The molecule has 0 aliphatic heterocycles. The largest absolute Gasteiger partial charge is 0.479 e. The van der Waals surface area contributed by atoms with Crippen molar-refractivity contribution >= 4 is 5.97 Å². The molecule has 1 aromatic heterocycles. The fraction of sp³-hybridized carbons (Fsp3) is 0.0769. The van der Waals surface area contributed by atoms with Gasteiger partial charge in [0, 0.05) is 18.0 Å². The van der Waals surface area contributed by atoms with Gasteiger partial charge in [-0.2, -0.15) is 0 Å². The molecular formula is C13H10FNO3. The number of hydrogen-bond donors (Lipinski definition) is 2. The highest BCUT2D eigenvalue weighted by atomic mass is 19.1. The van der Waals surface area contributed by atoms with Crippen LogP contribution in [0.2, 0.25) is 0 Å². The van der Waals surface area contributed by atoms with Gasteiger partial charge >= 0.3 is 5.97 Å². The summed E-state index contributed by atoms with van der Waals surface area (Å²) in [6, 6.07) is 7.13. The van der Waals surface area contributed by atoms with E-state index in [0.29, 0.717) is 11.1 Å². The van der Waals surface area contributed by atoms with Crippen molar-refractivity contribution in [2.24, 2.45) is 0 Å². The first kappa shape index (κ1) is 12.2. The number of aliphatic carboxylic acids is 1. The molecule has 18 heavy (non-hydrogen) atoms. The minimum atomic E-state index is -1.72. The molecule has 5 heteroatoms. The van der Waals surface area contributed by atoms with Crippen LogP contribution in [0.15, 0.2) is 42.7 Å². The summed E-state index contributed by atoms with van der Waals surface area (Å²) in [7, 11) is 0. The first-order valence-corrected chi connectivity index (χ1v) is 5.20. The third kappa shape index (κ3) is 2.36. The summed E-state index contributed by atoms with van der Waals surface area (Å²) in [5.41, 5.74) is 0.982. The van der Waals surface area contributed by atoms with Gasteiger partial charge in [0.15, 0.2) is 6.10 Å². The number of benzene rings is 1. The number of carbonyl (C=O) groups is 1. The van der Waals surface area contributed by atoms with Crippen molar-refractivity contribution in [1.82, 2.24) is 4.98 Å². The SMILES string of the molecule is O=C(O)C(O)c1ccc(-c2ccncc2)c(F)c1. The lowest BCUT2D eigenvalue weighted by Crippen LogP contribution is -2.10. The van der Waals surface area contributed by atoms with E-state index in [9.17, 15) is 14.3 Å². The molecule has 1 aromatic carbocycles. The van der Waals surface area contributed by atoms with Gasteiger partial charge in [-0.05, 0) is 29.3 Å². The Balaban J connectivity index is 2.40. The highest BCUT2D eigenvalue weighted by Gasteiger charge is 2.17. The Morgan fingerprint density at radius 3 is 2.44 bits per heavy atom. The molecule has 0 spiro atoms. The Labute approximate surface area is 102 Å². The van der Waals surface area contributed by atoms with Crippen LogP contribution in [0.3, 0.4) is 0 Å². The van der Waals surface area contributed by atoms with E-state index in [1.807, 2.05) is 0 Å². The second kappa shape index (κ2) is 4.93. The summed E-state index contributed by atoms with van der Waals surface area (Å²) in [6.07, 6.45) is 1.36. The van der Waals surface area contributed by atoms with Crippen LogP contribution in [0, 0.1) is 5.82 Å². The van der Waals surface area contributed by atoms with Crippen molar-refractivity contribution in [2.45, 2.75) is 6.10 Å². The van der Waals surface area contributed by atoms with Crippen LogP contribution >= 0.6 is 0 Å². The van der Waals surface area contributed by atoms with Crippen molar-refractivity contribution in [1.29, 1.82) is 0 Å². The van der Waals surface area contributed by atoms with E-state index in [4.69, 9.17) is 5.11 Å². The molecule has 2 N–H and O–H groups in total. The summed E-state index contributed by atoms with van der Waals surface area (Å²) >= 11 is 0. The Kier molecular flexibility index (Phi) is 3.34. The van der Waals surface area contributed by atoms with Gasteiger partial charge < -0.3 is 10.2 Å². The normalized spacial score (nSPS) is 12.1. The highest BCUT2D eigenvalue weighted by Crippen LogP contribution is 2.25. The number of aliphatic hydroxyl groups is 1. The molecule has 2 rings (SSSR count). The number of pyridine rings is 1. The number of nitrogens with zero attached hydrogens (tertiary/aromatic N) is 1. The van der Waals surface area contributed by atoms with Gasteiger partial charge in [-0.15, -0.1) is 0 Å². The summed E-state index contributed by atoms with van der Waals surface area (Å²) < 4.78 is 13.8. The molecule has 0 aliphatic carbocycles. The number of halogens is 1. The summed E-state index contributed by atoms with van der Waals surface area (Å²) in [4.78, 5) is 14.4. The maximum absolute atomic E-state index is 13.8. The van der Waals surface area contributed by atoms with Crippen molar-refractivity contribution in [3.63, 3.8) is 0 Å². The monoisotopic (exact) mass is 247 g/mol. The highest BCUT2D eigenvalue weighted by molar-refractivity contribution is 5.74. The predicted molar refractivity (Wildman–Crippen MR) is 62.2 cm³/mol. The summed E-state index contributed by atoms with van der Waals surface area (Å²) in [5, 5.41) is 17.9. The van der Waals surface area contributed by atoms with Crippen LogP contribution < -0.4 is 0 Å². The van der Waals surface area contributed by atoms with Crippen LogP contribution in [0.25, 0.3) is 11.1 Å². The molecule has 0 saturated carbocycles. The number of rotatable bonds is 3. The van der Waals surface area contributed by atoms with E-state index in [0.717, 1.165) is 6.07 Å². The topological polar surface area (TPSA) is 70.4 Å². The van der Waals surface area contributed by atoms with Crippen LogP contribution in [0.4, 0.5) is 4.39 Å². The standard InChI is InChI=1S/C13H10FNO3/c14-11-7-9(12(16)13(17)18)1-2-10(11)8-3-5-15-6-4-8/h1-7,12,16H,(H,17,18). The predicted octanol–water partition coefficient (Wildman–Crippen LogP) is 2.01. The Morgan fingerprint density at radius 2 is 1.89 bits per heavy atom. The molecular weight excluding hydrogens is 237 g/mol. The fourth-order valence-corrected chi connectivity index (χ4v) is 1.61. The van der Waals surface area contributed by atoms with Gasteiger partial charge in [-0.25, -0.2) is 9.18 Å². The molecule has 4 nitrogen and oxygen atoms in total. The zero-order valence-corrected chi connectivity index (χ0v) is 9.25. The molecule has 92 valence electrons. The number of aliphatic hydroxyl groups excluding tert-OH is 1. The van der Waals surface area contributed by atoms with Crippen molar-refractivity contribution in [2.75, 3.05) is 0 Å². The van der Waals surface area contributed by atoms with Gasteiger partial charge in [0.1, 0.15) is 5.82 Å². The van der Waals surface area contributed by atoms with Crippen LogP contribution in [-0.2, 0) is 4.79 Å². The lowest BCUT2D eigenvalue weighted by atomic mass is 10.0. The zero-order valence-electron chi connectivity index (χ0n) is 9.25. The van der Waals surface area contributed by atoms with Crippen LogP contribution in [0.5, 0.6) is 0 Å². The maximum atomic E-state index is 13.8. The van der Waals surface area contributed by atoms with E-state index in [2.05, 4.69) is 4.98 Å². The molecule has 0 bridgehead atoms. The molecule has 0 aliphatic rings. The minimum absolute atomic E-state index is 0.0119. The van der Waals surface area contributed by atoms with Gasteiger partial charge in [0.25, 0.3) is 0 Å². The van der Waals surface area contributed by atoms with Crippen molar-refractivity contribution in [3.8, 4) is 11.1 Å². The molecule has 0 fully saturated rings. The Morgan fingerprint density at radius 1 is 1.22 bits per heavy atom. The average molecular weight is 247 g/mol. The Bertz CT molecular complexity index is 572. The van der Waals surface area contributed by atoms with E-state index in [1.165, 1.54) is 24.5 Å². The van der Waals surface area contributed by atoms with Crippen molar-refractivity contribution < 1.29 is 19.4 Å². The second-order valence-electron chi connectivity index (χ2n) is 3.72. The molecule has 0 amide bonds. The lowest BCUT2D eigenvalue weighted by Gasteiger charge is -2.08. The molecule has 0 radical (unpaired) electrons. The van der Waals surface area contributed by atoms with Crippen LogP contribution in [-0.4, -0.2) is 21.2 Å². The minimum Gasteiger partial charge on any atom is -0.479 e. The van der Waals surface area contributed by atoms with Crippen molar-refractivity contribution in [3.05, 3.63) is 54.1 Å². The number of hydrogen-bond acceptors (Lipinski definition) is 3. The number of aromatic nitrogens is 1. The van der Waals surface area contributed by atoms with E-state index >= 15 is 0 Å². The van der Waals surface area contributed by atoms with E-state index in [1.54, 1.807) is 12.1 Å². The maximum Gasteiger partial charge on any atom is 0.337 e. The quantitative estimate of drug-likeness (QED) is 0.870. The van der Waals surface area contributed by atoms with Gasteiger partial charge in [0.05, 0.1) is 0 Å². The van der Waals surface area contributed by atoms with Gasteiger partial charge in [0.2, 0.25) is 0 Å². The number of carboxylic acid groups (broad SMARTS) is 1. The third-order valence-corrected chi connectivity index (χ3v) is 2.53.